The summed E-state index contributed by atoms with van der Waals surface area (Å²) < 4.78 is 0. The maximum absolute atomic E-state index is 5.28. The highest BCUT2D eigenvalue weighted by Gasteiger charge is 2.25. The predicted molar refractivity (Wildman–Crippen MR) is 63.3 cm³/mol. The molecular weight excluding hydrogens is 192 g/mol. The average Bonchev–Trinajstić information content (AvgIpc) is 2.93. The van der Waals surface area contributed by atoms with Crippen molar-refractivity contribution in [3.05, 3.63) is 0 Å². The fourth-order valence-electron chi connectivity index (χ4n) is 2.15. The summed E-state index contributed by atoms with van der Waals surface area (Å²) in [5, 5.41) is 7.68. The molecule has 14 heavy (non-hydrogen) atoms. The molecule has 2 rings (SSSR count). The Bertz CT molecular complexity index is 213. The van der Waals surface area contributed by atoms with Crippen LogP contribution in [0.1, 0.15) is 45.4 Å². The molecule has 0 aromatic heterocycles. The molecule has 2 atom stereocenters. The highest BCUT2D eigenvalue weighted by Crippen LogP contribution is 2.24. The maximum Gasteiger partial charge on any atom is 0.166 e. The van der Waals surface area contributed by atoms with Crippen LogP contribution in [0.2, 0.25) is 0 Å². The molecule has 0 amide bonds. The van der Waals surface area contributed by atoms with E-state index >= 15 is 0 Å². The minimum absolute atomic E-state index is 0.613. The molecule has 0 aromatic rings. The standard InChI is InChI=1S/C11H20N2S/c1-8-4-2-3-5-10(8)13-11(14)12-9-6-7-9/h8-10H,2-7H2,1H3,(H2,12,13,14). The van der Waals surface area contributed by atoms with E-state index in [0.29, 0.717) is 12.1 Å². The summed E-state index contributed by atoms with van der Waals surface area (Å²) in [4.78, 5) is 0. The fraction of sp³-hybridized carbons (Fsp3) is 0.909. The highest BCUT2D eigenvalue weighted by molar-refractivity contribution is 7.80. The molecule has 2 unspecified atom stereocenters. The second-order valence-electron chi connectivity index (χ2n) is 4.76. The lowest BCUT2D eigenvalue weighted by molar-refractivity contribution is 0.308. The molecule has 2 N–H and O–H groups in total. The molecule has 0 saturated heterocycles. The van der Waals surface area contributed by atoms with Gasteiger partial charge >= 0.3 is 0 Å². The summed E-state index contributed by atoms with van der Waals surface area (Å²) >= 11 is 5.28. The van der Waals surface area contributed by atoms with Gasteiger partial charge in [-0.05, 0) is 43.8 Å². The SMILES string of the molecule is CC1CCCCC1NC(=S)NC1CC1. The third-order valence-corrected chi connectivity index (χ3v) is 3.58. The lowest BCUT2D eigenvalue weighted by Crippen LogP contribution is -2.46. The topological polar surface area (TPSA) is 24.1 Å². The quantitative estimate of drug-likeness (QED) is 0.686. The van der Waals surface area contributed by atoms with Crippen molar-refractivity contribution in [3.8, 4) is 0 Å². The van der Waals surface area contributed by atoms with Crippen molar-refractivity contribution in [1.82, 2.24) is 10.6 Å². The van der Waals surface area contributed by atoms with Crippen LogP contribution in [-0.2, 0) is 0 Å². The van der Waals surface area contributed by atoms with Crippen LogP contribution in [0.4, 0.5) is 0 Å². The minimum atomic E-state index is 0.613. The van der Waals surface area contributed by atoms with E-state index in [1.54, 1.807) is 0 Å². The van der Waals surface area contributed by atoms with E-state index in [4.69, 9.17) is 12.2 Å². The van der Waals surface area contributed by atoms with E-state index in [9.17, 15) is 0 Å². The number of hydrogen-bond donors (Lipinski definition) is 2. The van der Waals surface area contributed by atoms with Crippen LogP contribution in [0.5, 0.6) is 0 Å². The van der Waals surface area contributed by atoms with Gasteiger partial charge in [-0.1, -0.05) is 19.8 Å². The van der Waals surface area contributed by atoms with Crippen LogP contribution in [-0.4, -0.2) is 17.2 Å². The van der Waals surface area contributed by atoms with Crippen molar-refractivity contribution >= 4 is 17.3 Å². The van der Waals surface area contributed by atoms with Crippen molar-refractivity contribution in [3.63, 3.8) is 0 Å². The van der Waals surface area contributed by atoms with Crippen molar-refractivity contribution in [2.75, 3.05) is 0 Å². The Morgan fingerprint density at radius 2 is 1.79 bits per heavy atom. The number of thiocarbonyl (C=S) groups is 1. The van der Waals surface area contributed by atoms with Gasteiger partial charge in [0.1, 0.15) is 0 Å². The van der Waals surface area contributed by atoms with Crippen LogP contribution < -0.4 is 10.6 Å². The number of nitrogens with one attached hydrogen (secondary N) is 2. The van der Waals surface area contributed by atoms with E-state index in [1.165, 1.54) is 38.5 Å². The van der Waals surface area contributed by atoms with E-state index < -0.39 is 0 Å². The van der Waals surface area contributed by atoms with E-state index in [-0.39, 0.29) is 0 Å². The van der Waals surface area contributed by atoms with Gasteiger partial charge in [0.15, 0.2) is 5.11 Å². The Morgan fingerprint density at radius 3 is 2.43 bits per heavy atom. The van der Waals surface area contributed by atoms with E-state index in [0.717, 1.165) is 11.0 Å². The van der Waals surface area contributed by atoms with Gasteiger partial charge in [0.25, 0.3) is 0 Å². The lowest BCUT2D eigenvalue weighted by atomic mass is 9.86. The Hall–Kier alpha value is -0.310. The van der Waals surface area contributed by atoms with Crippen LogP contribution >= 0.6 is 12.2 Å². The Labute approximate surface area is 91.8 Å². The van der Waals surface area contributed by atoms with Crippen molar-refractivity contribution in [2.24, 2.45) is 5.92 Å². The molecular formula is C11H20N2S. The van der Waals surface area contributed by atoms with Crippen LogP contribution in [0.3, 0.4) is 0 Å². The van der Waals surface area contributed by atoms with Crippen LogP contribution in [0.15, 0.2) is 0 Å². The monoisotopic (exact) mass is 212 g/mol. The van der Waals surface area contributed by atoms with Gasteiger partial charge < -0.3 is 10.6 Å². The molecule has 0 bridgehead atoms. The fourth-order valence-corrected chi connectivity index (χ4v) is 2.47. The van der Waals surface area contributed by atoms with Gasteiger partial charge in [0.2, 0.25) is 0 Å². The molecule has 0 aromatic carbocycles. The van der Waals surface area contributed by atoms with Gasteiger partial charge in [-0.2, -0.15) is 0 Å². The zero-order chi connectivity index (χ0) is 9.97. The molecule has 80 valence electrons. The highest BCUT2D eigenvalue weighted by atomic mass is 32.1. The molecule has 3 heteroatoms. The first-order chi connectivity index (χ1) is 6.75. The summed E-state index contributed by atoms with van der Waals surface area (Å²) in [5.74, 6) is 0.780. The Balaban J connectivity index is 1.73. The van der Waals surface area contributed by atoms with E-state index in [1.807, 2.05) is 0 Å². The lowest BCUT2D eigenvalue weighted by Gasteiger charge is -2.30. The first kappa shape index (κ1) is 10.2. The molecule has 0 radical (unpaired) electrons. The van der Waals surface area contributed by atoms with Gasteiger partial charge in [-0.25, -0.2) is 0 Å². The third-order valence-electron chi connectivity index (χ3n) is 3.34. The smallest absolute Gasteiger partial charge is 0.166 e. The zero-order valence-electron chi connectivity index (χ0n) is 8.88. The van der Waals surface area contributed by atoms with Gasteiger partial charge in [0, 0.05) is 12.1 Å². The summed E-state index contributed by atoms with van der Waals surface area (Å²) in [6.45, 7) is 2.33. The number of rotatable bonds is 2. The first-order valence-electron chi connectivity index (χ1n) is 5.83. The van der Waals surface area contributed by atoms with Gasteiger partial charge in [-0.15, -0.1) is 0 Å². The van der Waals surface area contributed by atoms with Gasteiger partial charge in [-0.3, -0.25) is 0 Å². The van der Waals surface area contributed by atoms with E-state index in [2.05, 4.69) is 17.6 Å². The molecule has 0 spiro atoms. The Morgan fingerprint density at radius 1 is 1.07 bits per heavy atom. The summed E-state index contributed by atoms with van der Waals surface area (Å²) in [6, 6.07) is 1.29. The second kappa shape index (κ2) is 4.47. The maximum atomic E-state index is 5.28. The Kier molecular flexibility index (Phi) is 3.26. The van der Waals surface area contributed by atoms with Crippen LogP contribution in [0.25, 0.3) is 0 Å². The molecule has 2 aliphatic rings. The molecule has 2 saturated carbocycles. The molecule has 2 aliphatic carbocycles. The molecule has 2 nitrogen and oxygen atoms in total. The molecule has 0 aliphatic heterocycles. The van der Waals surface area contributed by atoms with Crippen molar-refractivity contribution < 1.29 is 0 Å². The first-order valence-corrected chi connectivity index (χ1v) is 6.23. The summed E-state index contributed by atoms with van der Waals surface area (Å²) in [7, 11) is 0. The number of hydrogen-bond acceptors (Lipinski definition) is 1. The predicted octanol–water partition coefficient (Wildman–Crippen LogP) is 2.19. The zero-order valence-corrected chi connectivity index (χ0v) is 9.70. The van der Waals surface area contributed by atoms with Gasteiger partial charge in [0.05, 0.1) is 0 Å². The minimum Gasteiger partial charge on any atom is -0.360 e. The third kappa shape index (κ3) is 2.84. The second-order valence-corrected chi connectivity index (χ2v) is 5.17. The van der Waals surface area contributed by atoms with Crippen molar-refractivity contribution in [2.45, 2.75) is 57.5 Å². The molecule has 2 fully saturated rings. The van der Waals surface area contributed by atoms with Crippen LogP contribution in [0, 0.1) is 5.92 Å². The van der Waals surface area contributed by atoms with Crippen molar-refractivity contribution in [1.29, 1.82) is 0 Å². The summed E-state index contributed by atoms with van der Waals surface area (Å²) in [5.41, 5.74) is 0. The molecule has 0 heterocycles. The average molecular weight is 212 g/mol. The normalized spacial score (nSPS) is 32.4. The summed E-state index contributed by atoms with van der Waals surface area (Å²) in [6.07, 6.45) is 7.97. The largest absolute Gasteiger partial charge is 0.360 e.